The Morgan fingerprint density at radius 1 is 0.952 bits per heavy atom. The van der Waals surface area contributed by atoms with Gasteiger partial charge in [-0.05, 0) is 68.3 Å². The zero-order valence-electron chi connectivity index (χ0n) is 10.9. The minimum atomic E-state index is -0.955. The molecular formula is C15H12Br2O4. The molecule has 0 spiro atoms. The fourth-order valence-electron chi connectivity index (χ4n) is 1.62. The van der Waals surface area contributed by atoms with Crippen LogP contribution in [0.1, 0.15) is 10.4 Å². The number of aromatic carboxylic acids is 1. The molecule has 2 aromatic carbocycles. The Morgan fingerprint density at radius 2 is 1.52 bits per heavy atom. The highest BCUT2D eigenvalue weighted by molar-refractivity contribution is 9.11. The molecule has 0 saturated heterocycles. The van der Waals surface area contributed by atoms with Crippen molar-refractivity contribution in [2.24, 2.45) is 0 Å². The van der Waals surface area contributed by atoms with E-state index in [0.29, 0.717) is 19.0 Å². The molecule has 0 unspecified atom stereocenters. The van der Waals surface area contributed by atoms with Crippen molar-refractivity contribution in [3.05, 3.63) is 57.0 Å². The van der Waals surface area contributed by atoms with E-state index < -0.39 is 5.97 Å². The maximum atomic E-state index is 10.7. The number of carboxylic acid groups (broad SMARTS) is 1. The highest BCUT2D eigenvalue weighted by atomic mass is 79.9. The van der Waals surface area contributed by atoms with Crippen LogP contribution in [-0.2, 0) is 0 Å². The topological polar surface area (TPSA) is 55.8 Å². The summed E-state index contributed by atoms with van der Waals surface area (Å²) >= 11 is 6.83. The Bertz CT molecular complexity index is 606. The minimum Gasteiger partial charge on any atom is -0.490 e. The van der Waals surface area contributed by atoms with Crippen molar-refractivity contribution in [2.45, 2.75) is 0 Å². The lowest BCUT2D eigenvalue weighted by molar-refractivity contribution is 0.0697. The van der Waals surface area contributed by atoms with Gasteiger partial charge in [0.1, 0.15) is 24.7 Å². The van der Waals surface area contributed by atoms with Gasteiger partial charge >= 0.3 is 5.97 Å². The molecule has 21 heavy (non-hydrogen) atoms. The summed E-state index contributed by atoms with van der Waals surface area (Å²) in [4.78, 5) is 10.7. The smallest absolute Gasteiger partial charge is 0.335 e. The molecule has 0 saturated carbocycles. The molecule has 0 atom stereocenters. The van der Waals surface area contributed by atoms with E-state index in [2.05, 4.69) is 31.9 Å². The number of carbonyl (C=O) groups is 1. The maximum absolute atomic E-state index is 10.7. The van der Waals surface area contributed by atoms with Gasteiger partial charge in [-0.2, -0.15) is 0 Å². The average Bonchev–Trinajstić information content (AvgIpc) is 2.46. The summed E-state index contributed by atoms with van der Waals surface area (Å²) in [5.74, 6) is 0.376. The third-order valence-electron chi connectivity index (χ3n) is 2.62. The van der Waals surface area contributed by atoms with Gasteiger partial charge in [0.05, 0.1) is 14.5 Å². The summed E-state index contributed by atoms with van der Waals surface area (Å²) in [5, 5.41) is 8.80. The molecule has 0 aliphatic rings. The predicted molar refractivity (Wildman–Crippen MR) is 86.2 cm³/mol. The van der Waals surface area contributed by atoms with Crippen molar-refractivity contribution < 1.29 is 19.4 Å². The number of ether oxygens (including phenoxy) is 2. The average molecular weight is 416 g/mol. The van der Waals surface area contributed by atoms with Crippen LogP contribution in [0, 0.1) is 0 Å². The Kier molecular flexibility index (Phi) is 5.64. The summed E-state index contributed by atoms with van der Waals surface area (Å²) in [6.07, 6.45) is 0. The number of benzene rings is 2. The van der Waals surface area contributed by atoms with Gasteiger partial charge in [0.25, 0.3) is 0 Å². The zero-order chi connectivity index (χ0) is 15.2. The Labute approximate surface area is 139 Å². The van der Waals surface area contributed by atoms with Gasteiger partial charge in [-0.3, -0.25) is 0 Å². The first kappa shape index (κ1) is 15.9. The molecule has 4 nitrogen and oxygen atoms in total. The van der Waals surface area contributed by atoms with Crippen LogP contribution in [0.4, 0.5) is 0 Å². The Morgan fingerprint density at radius 3 is 2.10 bits per heavy atom. The molecule has 2 aromatic rings. The molecule has 0 bridgehead atoms. The second-order valence-electron chi connectivity index (χ2n) is 4.08. The van der Waals surface area contributed by atoms with Crippen LogP contribution in [0.5, 0.6) is 11.5 Å². The number of rotatable bonds is 6. The maximum Gasteiger partial charge on any atom is 0.335 e. The molecule has 0 fully saturated rings. The van der Waals surface area contributed by atoms with Crippen LogP contribution in [0.2, 0.25) is 0 Å². The SMILES string of the molecule is O=C(O)c1ccc(OCCOc2c(Br)cccc2Br)cc1. The van der Waals surface area contributed by atoms with Crippen molar-refractivity contribution >= 4 is 37.8 Å². The van der Waals surface area contributed by atoms with Gasteiger partial charge in [-0.1, -0.05) is 6.07 Å². The normalized spacial score (nSPS) is 10.2. The fraction of sp³-hybridized carbons (Fsp3) is 0.133. The summed E-state index contributed by atoms with van der Waals surface area (Å²) in [6.45, 7) is 0.738. The molecule has 0 radical (unpaired) electrons. The van der Waals surface area contributed by atoms with Gasteiger partial charge < -0.3 is 14.6 Å². The highest BCUT2D eigenvalue weighted by Gasteiger charge is 2.06. The molecule has 2 rings (SSSR count). The minimum absolute atomic E-state index is 0.232. The monoisotopic (exact) mass is 414 g/mol. The van der Waals surface area contributed by atoms with Gasteiger partial charge in [-0.25, -0.2) is 4.79 Å². The number of carboxylic acids is 1. The van der Waals surface area contributed by atoms with Crippen LogP contribution in [0.25, 0.3) is 0 Å². The molecule has 0 aliphatic heterocycles. The second kappa shape index (κ2) is 7.47. The molecular weight excluding hydrogens is 404 g/mol. The van der Waals surface area contributed by atoms with E-state index >= 15 is 0 Å². The third-order valence-corrected chi connectivity index (χ3v) is 3.87. The Hall–Kier alpha value is -1.53. The van der Waals surface area contributed by atoms with E-state index in [4.69, 9.17) is 14.6 Å². The van der Waals surface area contributed by atoms with Crippen molar-refractivity contribution in [2.75, 3.05) is 13.2 Å². The van der Waals surface area contributed by atoms with Crippen molar-refractivity contribution in [3.63, 3.8) is 0 Å². The molecule has 0 aliphatic carbocycles. The quantitative estimate of drug-likeness (QED) is 0.711. The van der Waals surface area contributed by atoms with Crippen molar-refractivity contribution in [3.8, 4) is 11.5 Å². The van der Waals surface area contributed by atoms with Gasteiger partial charge in [0, 0.05) is 0 Å². The second-order valence-corrected chi connectivity index (χ2v) is 5.79. The fourth-order valence-corrected chi connectivity index (χ4v) is 2.84. The highest BCUT2D eigenvalue weighted by Crippen LogP contribution is 2.32. The van der Waals surface area contributed by atoms with Gasteiger partial charge in [-0.15, -0.1) is 0 Å². The number of hydrogen-bond donors (Lipinski definition) is 1. The van der Waals surface area contributed by atoms with Crippen LogP contribution in [0.3, 0.4) is 0 Å². The van der Waals surface area contributed by atoms with Crippen LogP contribution >= 0.6 is 31.9 Å². The first-order valence-electron chi connectivity index (χ1n) is 6.11. The molecule has 6 heteroatoms. The molecule has 0 heterocycles. The summed E-state index contributed by atoms with van der Waals surface area (Å²) in [6, 6.07) is 11.9. The third kappa shape index (κ3) is 4.47. The Balaban J connectivity index is 1.83. The first-order valence-corrected chi connectivity index (χ1v) is 7.69. The zero-order valence-corrected chi connectivity index (χ0v) is 14.1. The summed E-state index contributed by atoms with van der Waals surface area (Å²) in [7, 11) is 0. The van der Waals surface area contributed by atoms with Crippen LogP contribution in [-0.4, -0.2) is 24.3 Å². The lowest BCUT2D eigenvalue weighted by Crippen LogP contribution is -2.09. The van der Waals surface area contributed by atoms with E-state index in [0.717, 1.165) is 14.7 Å². The number of hydrogen-bond acceptors (Lipinski definition) is 3. The predicted octanol–water partition coefficient (Wildman–Crippen LogP) is 4.37. The summed E-state index contributed by atoms with van der Waals surface area (Å²) in [5.41, 5.74) is 0.232. The van der Waals surface area contributed by atoms with Crippen LogP contribution in [0.15, 0.2) is 51.4 Å². The lowest BCUT2D eigenvalue weighted by atomic mass is 10.2. The van der Waals surface area contributed by atoms with Crippen molar-refractivity contribution in [1.29, 1.82) is 0 Å². The van der Waals surface area contributed by atoms with E-state index in [-0.39, 0.29) is 5.56 Å². The lowest BCUT2D eigenvalue weighted by Gasteiger charge is -2.11. The molecule has 1 N–H and O–H groups in total. The summed E-state index contributed by atoms with van der Waals surface area (Å²) < 4.78 is 12.9. The largest absolute Gasteiger partial charge is 0.490 e. The van der Waals surface area contributed by atoms with Crippen molar-refractivity contribution in [1.82, 2.24) is 0 Å². The first-order chi connectivity index (χ1) is 10.1. The van der Waals surface area contributed by atoms with E-state index in [1.165, 1.54) is 12.1 Å². The molecule has 0 aromatic heterocycles. The number of para-hydroxylation sites is 1. The van der Waals surface area contributed by atoms with Gasteiger partial charge in [0.15, 0.2) is 0 Å². The molecule has 110 valence electrons. The van der Waals surface area contributed by atoms with E-state index in [1.54, 1.807) is 12.1 Å². The van der Waals surface area contributed by atoms with Crippen LogP contribution < -0.4 is 9.47 Å². The molecule has 0 amide bonds. The number of halogens is 2. The standard InChI is InChI=1S/C15H12Br2O4/c16-12-2-1-3-13(17)14(12)21-9-8-20-11-6-4-10(5-7-11)15(18)19/h1-7H,8-9H2,(H,18,19). The van der Waals surface area contributed by atoms with Gasteiger partial charge in [0.2, 0.25) is 0 Å². The van der Waals surface area contributed by atoms with E-state index in [1.807, 2.05) is 18.2 Å². The van der Waals surface area contributed by atoms with E-state index in [9.17, 15) is 4.79 Å².